The van der Waals surface area contributed by atoms with Gasteiger partial charge in [0.2, 0.25) is 0 Å². The van der Waals surface area contributed by atoms with Crippen LogP contribution in [0.25, 0.3) is 11.1 Å². The highest BCUT2D eigenvalue weighted by atomic mass is 16.2. The molecule has 3 aromatic rings. The molecular formula is C26H27N3O2. The number of nitrogens with one attached hydrogen (secondary N) is 2. The second-order valence-corrected chi connectivity index (χ2v) is 8.50. The molecule has 5 nitrogen and oxygen atoms in total. The minimum Gasteiger partial charge on any atom is -0.341 e. The van der Waals surface area contributed by atoms with Crippen LogP contribution in [0.3, 0.4) is 0 Å². The van der Waals surface area contributed by atoms with Crippen molar-refractivity contribution in [2.45, 2.75) is 38.3 Å². The summed E-state index contributed by atoms with van der Waals surface area (Å²) in [6, 6.07) is 19.5. The Labute approximate surface area is 182 Å². The van der Waals surface area contributed by atoms with E-state index in [0.717, 1.165) is 47.6 Å². The molecule has 2 N–H and O–H groups in total. The molecule has 1 aromatic heterocycles. The van der Waals surface area contributed by atoms with Gasteiger partial charge < -0.3 is 10.3 Å². The number of aromatic nitrogens is 1. The molecule has 31 heavy (non-hydrogen) atoms. The molecule has 1 saturated heterocycles. The standard InChI is InChI=1S/C26H27N3O2/c30-25-23(14-13-18(27-25)17-29-15-7-1-2-8-16-29)26(31)28-24-21-11-5-3-9-19(21)20-10-4-6-12-22(20)24/h3-6,9-14,24H,1-2,7-8,15-17H2,(H,27,30)(H,28,31). The third-order valence-electron chi connectivity index (χ3n) is 6.42. The number of benzene rings is 2. The van der Waals surface area contributed by atoms with Crippen LogP contribution in [-0.4, -0.2) is 28.9 Å². The van der Waals surface area contributed by atoms with Crippen molar-refractivity contribution < 1.29 is 4.79 Å². The Kier molecular flexibility index (Phi) is 5.43. The molecule has 2 heterocycles. The van der Waals surface area contributed by atoms with E-state index in [-0.39, 0.29) is 23.1 Å². The Bertz CT molecular complexity index is 1110. The lowest BCUT2D eigenvalue weighted by Gasteiger charge is -2.19. The van der Waals surface area contributed by atoms with Gasteiger partial charge in [-0.3, -0.25) is 14.5 Å². The quantitative estimate of drug-likeness (QED) is 0.672. The maximum Gasteiger partial charge on any atom is 0.261 e. The molecular weight excluding hydrogens is 386 g/mol. The minimum absolute atomic E-state index is 0.154. The van der Waals surface area contributed by atoms with Crippen LogP contribution in [0.2, 0.25) is 0 Å². The number of nitrogens with zero attached hydrogens (tertiary/aromatic N) is 1. The number of hydrogen-bond acceptors (Lipinski definition) is 3. The van der Waals surface area contributed by atoms with E-state index >= 15 is 0 Å². The van der Waals surface area contributed by atoms with E-state index < -0.39 is 0 Å². The molecule has 0 radical (unpaired) electrons. The van der Waals surface area contributed by atoms with E-state index in [0.29, 0.717) is 0 Å². The fourth-order valence-corrected chi connectivity index (χ4v) is 4.84. The molecule has 5 rings (SSSR count). The summed E-state index contributed by atoms with van der Waals surface area (Å²) in [5.41, 5.74) is 5.07. The Hall–Kier alpha value is -3.18. The zero-order valence-electron chi connectivity index (χ0n) is 17.6. The van der Waals surface area contributed by atoms with Crippen LogP contribution >= 0.6 is 0 Å². The average molecular weight is 414 g/mol. The van der Waals surface area contributed by atoms with Crippen molar-refractivity contribution in [3.05, 3.63) is 93.4 Å². The van der Waals surface area contributed by atoms with Gasteiger partial charge in [-0.05, 0) is 60.3 Å². The van der Waals surface area contributed by atoms with Crippen LogP contribution in [0.15, 0.2) is 65.5 Å². The minimum atomic E-state index is -0.348. The summed E-state index contributed by atoms with van der Waals surface area (Å²) in [6.07, 6.45) is 4.96. The number of hydrogen-bond donors (Lipinski definition) is 2. The molecule has 0 unspecified atom stereocenters. The van der Waals surface area contributed by atoms with Gasteiger partial charge in [-0.1, -0.05) is 61.4 Å². The van der Waals surface area contributed by atoms with Gasteiger partial charge in [-0.15, -0.1) is 0 Å². The number of aromatic amines is 1. The monoisotopic (exact) mass is 413 g/mol. The van der Waals surface area contributed by atoms with Gasteiger partial charge in [-0.2, -0.15) is 0 Å². The fraction of sp³-hybridized carbons (Fsp3) is 0.308. The van der Waals surface area contributed by atoms with Crippen molar-refractivity contribution in [2.24, 2.45) is 0 Å². The van der Waals surface area contributed by atoms with E-state index in [1.54, 1.807) is 6.07 Å². The third kappa shape index (κ3) is 3.93. The summed E-state index contributed by atoms with van der Waals surface area (Å²) in [4.78, 5) is 31.1. The van der Waals surface area contributed by atoms with E-state index in [1.807, 2.05) is 42.5 Å². The fourth-order valence-electron chi connectivity index (χ4n) is 4.84. The van der Waals surface area contributed by atoms with Crippen LogP contribution in [-0.2, 0) is 6.54 Å². The summed E-state index contributed by atoms with van der Waals surface area (Å²) >= 11 is 0. The lowest BCUT2D eigenvalue weighted by Crippen LogP contribution is -2.33. The topological polar surface area (TPSA) is 65.2 Å². The number of fused-ring (bicyclic) bond motifs is 3. The third-order valence-corrected chi connectivity index (χ3v) is 6.42. The number of pyridine rings is 1. The number of carbonyl (C=O) groups is 1. The van der Waals surface area contributed by atoms with Crippen LogP contribution < -0.4 is 10.9 Å². The van der Waals surface area contributed by atoms with Gasteiger partial charge in [0.15, 0.2) is 0 Å². The van der Waals surface area contributed by atoms with E-state index in [1.165, 1.54) is 25.7 Å². The number of carbonyl (C=O) groups excluding carboxylic acids is 1. The van der Waals surface area contributed by atoms with Crippen molar-refractivity contribution in [2.75, 3.05) is 13.1 Å². The van der Waals surface area contributed by atoms with Crippen LogP contribution in [0.5, 0.6) is 0 Å². The van der Waals surface area contributed by atoms with Gasteiger partial charge in [0, 0.05) is 12.2 Å². The molecule has 0 saturated carbocycles. The highest BCUT2D eigenvalue weighted by Crippen LogP contribution is 2.43. The van der Waals surface area contributed by atoms with E-state index in [2.05, 4.69) is 27.3 Å². The molecule has 0 bridgehead atoms. The molecule has 5 heteroatoms. The average Bonchev–Trinajstić information content (AvgIpc) is 2.91. The summed E-state index contributed by atoms with van der Waals surface area (Å²) in [5, 5.41) is 3.09. The van der Waals surface area contributed by atoms with E-state index in [9.17, 15) is 9.59 Å². The highest BCUT2D eigenvalue weighted by molar-refractivity contribution is 5.95. The number of likely N-dealkylation sites (tertiary alicyclic amines) is 1. The van der Waals surface area contributed by atoms with Crippen molar-refractivity contribution in [1.82, 2.24) is 15.2 Å². The Morgan fingerprint density at radius 3 is 2.10 bits per heavy atom. The lowest BCUT2D eigenvalue weighted by atomic mass is 10.0. The summed E-state index contributed by atoms with van der Waals surface area (Å²) < 4.78 is 0. The maximum absolute atomic E-state index is 13.0. The Balaban J connectivity index is 1.36. The Morgan fingerprint density at radius 2 is 1.48 bits per heavy atom. The number of rotatable bonds is 4. The van der Waals surface area contributed by atoms with E-state index in [4.69, 9.17) is 0 Å². The van der Waals surface area contributed by atoms with Crippen LogP contribution in [0.1, 0.15) is 58.9 Å². The van der Waals surface area contributed by atoms with Gasteiger partial charge >= 0.3 is 0 Å². The smallest absolute Gasteiger partial charge is 0.261 e. The Morgan fingerprint density at radius 1 is 0.871 bits per heavy atom. The molecule has 2 aromatic carbocycles. The largest absolute Gasteiger partial charge is 0.341 e. The highest BCUT2D eigenvalue weighted by Gasteiger charge is 2.29. The first-order valence-electron chi connectivity index (χ1n) is 11.1. The van der Waals surface area contributed by atoms with Gasteiger partial charge in [0.05, 0.1) is 6.04 Å². The molecule has 2 aliphatic rings. The summed E-state index contributed by atoms with van der Waals surface area (Å²) in [7, 11) is 0. The number of H-pyrrole nitrogens is 1. The van der Waals surface area contributed by atoms with Crippen LogP contribution in [0, 0.1) is 0 Å². The molecule has 1 amide bonds. The summed E-state index contributed by atoms with van der Waals surface area (Å²) in [5.74, 6) is -0.348. The van der Waals surface area contributed by atoms with Crippen molar-refractivity contribution in [3.8, 4) is 11.1 Å². The first-order valence-corrected chi connectivity index (χ1v) is 11.1. The lowest BCUT2D eigenvalue weighted by molar-refractivity contribution is 0.0942. The summed E-state index contributed by atoms with van der Waals surface area (Å²) in [6.45, 7) is 2.84. The molecule has 0 spiro atoms. The SMILES string of the molecule is O=C(NC1c2ccccc2-c2ccccc21)c1ccc(CN2CCCCCC2)[nH]c1=O. The first-order chi connectivity index (χ1) is 15.2. The van der Waals surface area contributed by atoms with Crippen molar-refractivity contribution in [1.29, 1.82) is 0 Å². The molecule has 1 fully saturated rings. The molecule has 1 aliphatic carbocycles. The zero-order chi connectivity index (χ0) is 21.2. The number of amides is 1. The second kappa shape index (κ2) is 8.52. The second-order valence-electron chi connectivity index (χ2n) is 8.50. The first kappa shape index (κ1) is 19.8. The molecule has 0 atom stereocenters. The molecule has 1 aliphatic heterocycles. The predicted molar refractivity (Wildman–Crippen MR) is 122 cm³/mol. The van der Waals surface area contributed by atoms with Gasteiger partial charge in [0.25, 0.3) is 11.5 Å². The predicted octanol–water partition coefficient (Wildman–Crippen LogP) is 4.25. The van der Waals surface area contributed by atoms with Crippen molar-refractivity contribution >= 4 is 5.91 Å². The van der Waals surface area contributed by atoms with Gasteiger partial charge in [-0.25, -0.2) is 0 Å². The molecule has 158 valence electrons. The van der Waals surface area contributed by atoms with Crippen molar-refractivity contribution in [3.63, 3.8) is 0 Å². The maximum atomic E-state index is 13.0. The zero-order valence-corrected chi connectivity index (χ0v) is 17.6. The normalized spacial score (nSPS) is 16.4. The van der Waals surface area contributed by atoms with Crippen LogP contribution in [0.4, 0.5) is 0 Å². The van der Waals surface area contributed by atoms with Gasteiger partial charge in [0.1, 0.15) is 5.56 Å².